The monoisotopic (exact) mass is 356 g/mol. The third-order valence-corrected chi connectivity index (χ3v) is 5.02. The molecule has 0 aromatic heterocycles. The Balaban J connectivity index is 1.74. The van der Waals surface area contributed by atoms with E-state index in [1.165, 1.54) is 0 Å². The molecule has 0 radical (unpaired) electrons. The fourth-order valence-corrected chi connectivity index (χ4v) is 3.16. The summed E-state index contributed by atoms with van der Waals surface area (Å²) < 4.78 is 0. The lowest BCUT2D eigenvalue weighted by molar-refractivity contribution is -0.122. The van der Waals surface area contributed by atoms with Gasteiger partial charge >= 0.3 is 0 Å². The fraction of sp³-hybridized carbons (Fsp3) is 0.300. The Labute approximate surface area is 152 Å². The highest BCUT2D eigenvalue weighted by Gasteiger charge is 2.35. The first kappa shape index (κ1) is 17.5. The second kappa shape index (κ2) is 6.89. The Morgan fingerprint density at radius 1 is 1.12 bits per heavy atom. The maximum atomic E-state index is 12.6. The van der Waals surface area contributed by atoms with Gasteiger partial charge in [0.2, 0.25) is 11.8 Å². The van der Waals surface area contributed by atoms with Crippen LogP contribution in [0, 0.1) is 26.7 Å². The van der Waals surface area contributed by atoms with Gasteiger partial charge in [0.15, 0.2) is 0 Å². The van der Waals surface area contributed by atoms with Crippen LogP contribution in [-0.4, -0.2) is 18.4 Å². The third-order valence-electron chi connectivity index (χ3n) is 4.61. The summed E-state index contributed by atoms with van der Waals surface area (Å²) in [5.74, 6) is -0.545. The minimum absolute atomic E-state index is 0.0546. The zero-order valence-electron chi connectivity index (χ0n) is 14.6. The lowest BCUT2D eigenvalue weighted by Crippen LogP contribution is -2.28. The summed E-state index contributed by atoms with van der Waals surface area (Å²) >= 11 is 6.16. The van der Waals surface area contributed by atoms with E-state index in [-0.39, 0.29) is 24.2 Å². The molecule has 1 N–H and O–H groups in total. The molecule has 0 spiro atoms. The summed E-state index contributed by atoms with van der Waals surface area (Å²) in [5.41, 5.74) is 4.59. The van der Waals surface area contributed by atoms with E-state index in [9.17, 15) is 9.59 Å². The van der Waals surface area contributed by atoms with Crippen molar-refractivity contribution in [3.05, 3.63) is 58.1 Å². The Morgan fingerprint density at radius 2 is 1.84 bits per heavy atom. The van der Waals surface area contributed by atoms with E-state index in [2.05, 4.69) is 5.32 Å². The molecular formula is C20H21ClN2O2. The first-order chi connectivity index (χ1) is 11.8. The number of anilines is 2. The number of hydrogen-bond acceptors (Lipinski definition) is 2. The van der Waals surface area contributed by atoms with Crippen molar-refractivity contribution in [3.63, 3.8) is 0 Å². The van der Waals surface area contributed by atoms with Gasteiger partial charge < -0.3 is 10.2 Å². The maximum Gasteiger partial charge on any atom is 0.229 e. The SMILES string of the molecule is Cc1ccc(C)c(NC(=O)[C@H]2CC(=O)N(c3ccc(C)c(Cl)c3)C2)c1. The van der Waals surface area contributed by atoms with Crippen LogP contribution < -0.4 is 10.2 Å². The van der Waals surface area contributed by atoms with Gasteiger partial charge in [-0.25, -0.2) is 0 Å². The van der Waals surface area contributed by atoms with E-state index in [0.29, 0.717) is 11.6 Å². The number of halogens is 1. The second-order valence-electron chi connectivity index (χ2n) is 6.65. The van der Waals surface area contributed by atoms with Gasteiger partial charge in [0.05, 0.1) is 5.92 Å². The van der Waals surface area contributed by atoms with Gasteiger partial charge in [-0.15, -0.1) is 0 Å². The largest absolute Gasteiger partial charge is 0.326 e. The second-order valence-corrected chi connectivity index (χ2v) is 7.05. The van der Waals surface area contributed by atoms with Crippen molar-refractivity contribution in [2.24, 2.45) is 5.92 Å². The van der Waals surface area contributed by atoms with Crippen LogP contribution in [0.5, 0.6) is 0 Å². The molecule has 0 unspecified atom stereocenters. The molecule has 4 nitrogen and oxygen atoms in total. The van der Waals surface area contributed by atoms with Crippen LogP contribution in [0.3, 0.4) is 0 Å². The Kier molecular flexibility index (Phi) is 4.82. The number of nitrogens with one attached hydrogen (secondary N) is 1. The minimum Gasteiger partial charge on any atom is -0.326 e. The van der Waals surface area contributed by atoms with Gasteiger partial charge in [-0.2, -0.15) is 0 Å². The van der Waals surface area contributed by atoms with Crippen LogP contribution in [0.4, 0.5) is 11.4 Å². The molecule has 3 rings (SSSR count). The highest BCUT2D eigenvalue weighted by molar-refractivity contribution is 6.31. The van der Waals surface area contributed by atoms with Crippen molar-refractivity contribution in [3.8, 4) is 0 Å². The van der Waals surface area contributed by atoms with E-state index >= 15 is 0 Å². The molecule has 1 fully saturated rings. The van der Waals surface area contributed by atoms with Gasteiger partial charge in [-0.3, -0.25) is 9.59 Å². The summed E-state index contributed by atoms with van der Waals surface area (Å²) in [5, 5.41) is 3.58. The van der Waals surface area contributed by atoms with Crippen LogP contribution in [-0.2, 0) is 9.59 Å². The molecule has 0 saturated carbocycles. The van der Waals surface area contributed by atoms with Gasteiger partial charge in [0.1, 0.15) is 0 Å². The highest BCUT2D eigenvalue weighted by Crippen LogP contribution is 2.29. The fourth-order valence-electron chi connectivity index (χ4n) is 2.99. The van der Waals surface area contributed by atoms with Crippen molar-refractivity contribution in [1.29, 1.82) is 0 Å². The van der Waals surface area contributed by atoms with Crippen LogP contribution in [0.2, 0.25) is 5.02 Å². The standard InChI is InChI=1S/C20H21ClN2O2/c1-12-4-5-14(3)18(8-12)22-20(25)15-9-19(24)23(11-15)16-7-6-13(2)17(21)10-16/h4-8,10,15H,9,11H2,1-3H3,(H,22,25)/t15-/m0/s1. The quantitative estimate of drug-likeness (QED) is 0.893. The summed E-state index contributed by atoms with van der Waals surface area (Å²) in [6.07, 6.45) is 0.211. The van der Waals surface area contributed by atoms with E-state index in [0.717, 1.165) is 28.1 Å². The van der Waals surface area contributed by atoms with Crippen LogP contribution in [0.15, 0.2) is 36.4 Å². The summed E-state index contributed by atoms with van der Waals surface area (Å²) in [4.78, 5) is 26.6. The van der Waals surface area contributed by atoms with E-state index in [4.69, 9.17) is 11.6 Å². The lowest BCUT2D eigenvalue weighted by atomic mass is 10.1. The molecule has 2 aromatic rings. The number of rotatable bonds is 3. The smallest absolute Gasteiger partial charge is 0.229 e. The number of amides is 2. The molecule has 1 saturated heterocycles. The molecule has 1 aliphatic rings. The van der Waals surface area contributed by atoms with Crippen molar-refractivity contribution in [2.45, 2.75) is 27.2 Å². The Morgan fingerprint density at radius 3 is 2.56 bits per heavy atom. The molecular weight excluding hydrogens is 336 g/mol. The molecule has 1 aliphatic heterocycles. The Hall–Kier alpha value is -2.33. The zero-order chi connectivity index (χ0) is 18.1. The van der Waals surface area contributed by atoms with Crippen LogP contribution in [0.25, 0.3) is 0 Å². The number of aryl methyl sites for hydroxylation is 3. The van der Waals surface area contributed by atoms with E-state index in [1.54, 1.807) is 11.0 Å². The van der Waals surface area contributed by atoms with Gasteiger partial charge in [0, 0.05) is 29.4 Å². The number of carbonyl (C=O) groups is 2. The van der Waals surface area contributed by atoms with Gasteiger partial charge in [-0.05, 0) is 55.7 Å². The molecule has 2 aromatic carbocycles. The lowest BCUT2D eigenvalue weighted by Gasteiger charge is -2.18. The van der Waals surface area contributed by atoms with Gasteiger partial charge in [0.25, 0.3) is 0 Å². The van der Waals surface area contributed by atoms with Crippen molar-refractivity contribution < 1.29 is 9.59 Å². The number of hydrogen-bond donors (Lipinski definition) is 1. The molecule has 0 bridgehead atoms. The molecule has 2 amide bonds. The zero-order valence-corrected chi connectivity index (χ0v) is 15.4. The van der Waals surface area contributed by atoms with Crippen molar-refractivity contribution in [2.75, 3.05) is 16.8 Å². The van der Waals surface area contributed by atoms with E-state index in [1.807, 2.05) is 51.1 Å². The molecule has 0 aliphatic carbocycles. The highest BCUT2D eigenvalue weighted by atomic mass is 35.5. The predicted molar refractivity (Wildman–Crippen MR) is 101 cm³/mol. The van der Waals surface area contributed by atoms with Crippen LogP contribution in [0.1, 0.15) is 23.1 Å². The average molecular weight is 357 g/mol. The molecule has 1 atom stereocenters. The van der Waals surface area contributed by atoms with Gasteiger partial charge in [-0.1, -0.05) is 29.8 Å². The number of carbonyl (C=O) groups excluding carboxylic acids is 2. The topological polar surface area (TPSA) is 49.4 Å². The van der Waals surface area contributed by atoms with Crippen molar-refractivity contribution >= 4 is 34.8 Å². The normalized spacial score (nSPS) is 17.0. The Bertz CT molecular complexity index is 848. The third kappa shape index (κ3) is 3.69. The number of nitrogens with zero attached hydrogens (tertiary/aromatic N) is 1. The molecule has 25 heavy (non-hydrogen) atoms. The van der Waals surface area contributed by atoms with Crippen molar-refractivity contribution in [1.82, 2.24) is 0 Å². The molecule has 130 valence electrons. The summed E-state index contributed by atoms with van der Waals surface area (Å²) in [6.45, 7) is 6.22. The summed E-state index contributed by atoms with van der Waals surface area (Å²) in [6, 6.07) is 11.5. The molecule has 5 heteroatoms. The number of benzene rings is 2. The summed E-state index contributed by atoms with van der Waals surface area (Å²) in [7, 11) is 0. The molecule has 1 heterocycles. The minimum atomic E-state index is -0.368. The predicted octanol–water partition coefficient (Wildman–Crippen LogP) is 4.26. The average Bonchev–Trinajstić information content (AvgIpc) is 2.95. The van der Waals surface area contributed by atoms with E-state index < -0.39 is 0 Å². The first-order valence-electron chi connectivity index (χ1n) is 8.30. The first-order valence-corrected chi connectivity index (χ1v) is 8.67. The maximum absolute atomic E-state index is 12.6. The van der Waals surface area contributed by atoms with Crippen LogP contribution >= 0.6 is 11.6 Å².